The zero-order valence-electron chi connectivity index (χ0n) is 14.7. The number of hydrogen-bond acceptors (Lipinski definition) is 5. The summed E-state index contributed by atoms with van der Waals surface area (Å²) in [5, 5.41) is 14.7. The van der Waals surface area contributed by atoms with E-state index in [2.05, 4.69) is 20.9 Å². The van der Waals surface area contributed by atoms with E-state index >= 15 is 0 Å². The Labute approximate surface area is 155 Å². The molecule has 8 heteroatoms. The van der Waals surface area contributed by atoms with Gasteiger partial charge in [0.25, 0.3) is 5.91 Å². The molecule has 1 amide bonds. The van der Waals surface area contributed by atoms with E-state index in [0.29, 0.717) is 5.69 Å². The van der Waals surface area contributed by atoms with Crippen LogP contribution in [0.25, 0.3) is 0 Å². The Morgan fingerprint density at radius 3 is 2.96 bits per heavy atom. The highest BCUT2D eigenvalue weighted by atomic mass is 32.2. The first kappa shape index (κ1) is 17.5. The number of halogens is 1. The van der Waals surface area contributed by atoms with Crippen molar-refractivity contribution in [3.63, 3.8) is 0 Å². The minimum absolute atomic E-state index is 0.196. The van der Waals surface area contributed by atoms with E-state index in [4.69, 9.17) is 0 Å². The Balaban J connectivity index is 1.53. The number of amides is 1. The predicted octanol–water partition coefficient (Wildman–Crippen LogP) is 2.62. The molecule has 1 saturated heterocycles. The van der Waals surface area contributed by atoms with Crippen molar-refractivity contribution in [2.24, 2.45) is 0 Å². The van der Waals surface area contributed by atoms with Crippen molar-refractivity contribution >= 4 is 17.7 Å². The highest BCUT2D eigenvalue weighted by molar-refractivity contribution is 7.99. The molecule has 1 aromatic heterocycles. The van der Waals surface area contributed by atoms with Crippen LogP contribution in [0.4, 0.5) is 4.39 Å². The SMILES string of the molecule is Cc1c(C(=O)NC2CCSc3ccc(F)cc32)nnn1C1CCNCC1. The molecule has 4 rings (SSSR count). The van der Waals surface area contributed by atoms with E-state index in [9.17, 15) is 9.18 Å². The molecule has 0 aliphatic carbocycles. The number of piperidine rings is 1. The minimum Gasteiger partial charge on any atom is -0.344 e. The number of benzene rings is 1. The summed E-state index contributed by atoms with van der Waals surface area (Å²) in [5.41, 5.74) is 2.00. The second-order valence-corrected chi connectivity index (χ2v) is 7.93. The Bertz CT molecular complexity index is 818. The summed E-state index contributed by atoms with van der Waals surface area (Å²) in [6.45, 7) is 3.79. The maximum Gasteiger partial charge on any atom is 0.274 e. The number of nitrogens with zero attached hydrogens (tertiary/aromatic N) is 3. The molecule has 1 unspecified atom stereocenters. The fraction of sp³-hybridized carbons (Fsp3) is 0.500. The summed E-state index contributed by atoms with van der Waals surface area (Å²) in [6.07, 6.45) is 2.74. The molecule has 0 saturated carbocycles. The van der Waals surface area contributed by atoms with Gasteiger partial charge in [0.15, 0.2) is 5.69 Å². The molecule has 1 fully saturated rings. The van der Waals surface area contributed by atoms with Gasteiger partial charge in [-0.05, 0) is 63.0 Å². The monoisotopic (exact) mass is 375 g/mol. The van der Waals surface area contributed by atoms with Gasteiger partial charge in [-0.2, -0.15) is 0 Å². The van der Waals surface area contributed by atoms with Gasteiger partial charge in [-0.15, -0.1) is 16.9 Å². The normalized spacial score (nSPS) is 20.6. The van der Waals surface area contributed by atoms with Crippen molar-refractivity contribution in [2.45, 2.75) is 43.2 Å². The number of carbonyl (C=O) groups excluding carboxylic acids is 1. The molecule has 0 bridgehead atoms. The van der Waals surface area contributed by atoms with Gasteiger partial charge in [0.1, 0.15) is 5.82 Å². The minimum atomic E-state index is -0.279. The van der Waals surface area contributed by atoms with Crippen LogP contribution in [0.5, 0.6) is 0 Å². The lowest BCUT2D eigenvalue weighted by Gasteiger charge is -2.26. The lowest BCUT2D eigenvalue weighted by Crippen LogP contribution is -2.32. The quantitative estimate of drug-likeness (QED) is 0.863. The van der Waals surface area contributed by atoms with Crippen molar-refractivity contribution in [1.82, 2.24) is 25.6 Å². The van der Waals surface area contributed by atoms with Crippen LogP contribution in [-0.2, 0) is 0 Å². The molecule has 1 aromatic carbocycles. The number of nitrogens with one attached hydrogen (secondary N) is 2. The van der Waals surface area contributed by atoms with Crippen LogP contribution in [0.1, 0.15) is 53.1 Å². The van der Waals surface area contributed by atoms with E-state index in [1.165, 1.54) is 12.1 Å². The fourth-order valence-electron chi connectivity index (χ4n) is 3.69. The largest absolute Gasteiger partial charge is 0.344 e. The second-order valence-electron chi connectivity index (χ2n) is 6.79. The first-order valence-electron chi connectivity index (χ1n) is 8.99. The third kappa shape index (κ3) is 3.35. The van der Waals surface area contributed by atoms with Crippen LogP contribution in [0, 0.1) is 12.7 Å². The molecular formula is C18H22FN5OS. The molecule has 6 nitrogen and oxygen atoms in total. The topological polar surface area (TPSA) is 71.8 Å². The van der Waals surface area contributed by atoms with Crippen molar-refractivity contribution in [1.29, 1.82) is 0 Å². The highest BCUT2D eigenvalue weighted by Gasteiger charge is 2.27. The number of fused-ring (bicyclic) bond motifs is 1. The Morgan fingerprint density at radius 2 is 2.15 bits per heavy atom. The van der Waals surface area contributed by atoms with Gasteiger partial charge in [0.05, 0.1) is 17.8 Å². The van der Waals surface area contributed by atoms with E-state index < -0.39 is 0 Å². The molecule has 26 heavy (non-hydrogen) atoms. The first-order valence-corrected chi connectivity index (χ1v) is 9.97. The average molecular weight is 375 g/mol. The van der Waals surface area contributed by atoms with Crippen LogP contribution in [-0.4, -0.2) is 39.7 Å². The van der Waals surface area contributed by atoms with Gasteiger partial charge in [0.2, 0.25) is 0 Å². The van der Waals surface area contributed by atoms with E-state index in [-0.39, 0.29) is 23.8 Å². The fourth-order valence-corrected chi connectivity index (χ4v) is 4.80. The van der Waals surface area contributed by atoms with Crippen LogP contribution in [0.3, 0.4) is 0 Å². The maximum absolute atomic E-state index is 13.6. The molecule has 0 spiro atoms. The van der Waals surface area contributed by atoms with Crippen molar-refractivity contribution < 1.29 is 9.18 Å². The lowest BCUT2D eigenvalue weighted by molar-refractivity contribution is 0.0929. The summed E-state index contributed by atoms with van der Waals surface area (Å²) < 4.78 is 15.5. The highest BCUT2D eigenvalue weighted by Crippen LogP contribution is 2.36. The molecule has 138 valence electrons. The van der Waals surface area contributed by atoms with E-state index in [0.717, 1.165) is 54.3 Å². The standard InChI is InChI=1S/C18H22FN5OS/c1-11-17(22-23-24(11)13-4-7-20-8-5-13)18(25)21-15-6-9-26-16-3-2-12(19)10-14(15)16/h2-3,10,13,15,20H,4-9H2,1H3,(H,21,25). The average Bonchev–Trinajstić information content (AvgIpc) is 3.04. The maximum atomic E-state index is 13.6. The van der Waals surface area contributed by atoms with E-state index in [1.54, 1.807) is 17.8 Å². The first-order chi connectivity index (χ1) is 12.6. The van der Waals surface area contributed by atoms with Gasteiger partial charge in [0, 0.05) is 10.6 Å². The Hall–Kier alpha value is -1.93. The molecule has 1 atom stereocenters. The van der Waals surface area contributed by atoms with Gasteiger partial charge >= 0.3 is 0 Å². The third-order valence-electron chi connectivity index (χ3n) is 5.11. The zero-order valence-corrected chi connectivity index (χ0v) is 15.5. The van der Waals surface area contributed by atoms with Gasteiger partial charge in [-0.1, -0.05) is 5.21 Å². The predicted molar refractivity (Wildman–Crippen MR) is 97.8 cm³/mol. The summed E-state index contributed by atoms with van der Waals surface area (Å²) >= 11 is 1.69. The van der Waals surface area contributed by atoms with Crippen molar-refractivity contribution in [3.05, 3.63) is 41.0 Å². The number of rotatable bonds is 3. The molecular weight excluding hydrogens is 353 g/mol. The number of carbonyl (C=O) groups is 1. The number of thioether (sulfide) groups is 1. The van der Waals surface area contributed by atoms with E-state index in [1.807, 2.05) is 11.6 Å². The lowest BCUT2D eigenvalue weighted by atomic mass is 10.0. The second kappa shape index (κ2) is 7.36. The smallest absolute Gasteiger partial charge is 0.274 e. The van der Waals surface area contributed by atoms with Crippen LogP contribution in [0.2, 0.25) is 0 Å². The van der Waals surface area contributed by atoms with Gasteiger partial charge in [-0.25, -0.2) is 9.07 Å². The summed E-state index contributed by atoms with van der Waals surface area (Å²) in [6, 6.07) is 4.85. The van der Waals surface area contributed by atoms with Crippen molar-refractivity contribution in [2.75, 3.05) is 18.8 Å². The molecule has 2 aliphatic heterocycles. The summed E-state index contributed by atoms with van der Waals surface area (Å²) in [7, 11) is 0. The molecule has 3 heterocycles. The van der Waals surface area contributed by atoms with Crippen molar-refractivity contribution in [3.8, 4) is 0 Å². The Morgan fingerprint density at radius 1 is 1.35 bits per heavy atom. The molecule has 2 N–H and O–H groups in total. The molecule has 2 aliphatic rings. The van der Waals surface area contributed by atoms with Crippen LogP contribution < -0.4 is 10.6 Å². The van der Waals surface area contributed by atoms with Crippen LogP contribution in [0.15, 0.2) is 23.1 Å². The third-order valence-corrected chi connectivity index (χ3v) is 6.24. The summed E-state index contributed by atoms with van der Waals surface area (Å²) in [5.74, 6) is 0.373. The summed E-state index contributed by atoms with van der Waals surface area (Å²) in [4.78, 5) is 13.8. The van der Waals surface area contributed by atoms with Gasteiger partial charge in [-0.3, -0.25) is 4.79 Å². The number of hydrogen-bond donors (Lipinski definition) is 2. The molecule has 0 radical (unpaired) electrons. The van der Waals surface area contributed by atoms with Gasteiger partial charge < -0.3 is 10.6 Å². The molecule has 2 aromatic rings. The zero-order chi connectivity index (χ0) is 18.1. The Kier molecular flexibility index (Phi) is 4.95. The number of aromatic nitrogens is 3. The van der Waals surface area contributed by atoms with Crippen LogP contribution >= 0.6 is 11.8 Å².